The number of fused-ring (bicyclic) bond motifs is 1. The molecular weight excluding hydrogens is 232 g/mol. The normalized spacial score (nSPS) is 22.4. The van der Waals surface area contributed by atoms with Gasteiger partial charge in [-0.05, 0) is 23.8 Å². The molecule has 0 aromatic carbocycles. The summed E-state index contributed by atoms with van der Waals surface area (Å²) in [6.07, 6.45) is 7.29. The lowest BCUT2D eigenvalue weighted by atomic mass is 9.88. The van der Waals surface area contributed by atoms with Crippen LogP contribution in [0.4, 0.5) is 8.78 Å². The highest BCUT2D eigenvalue weighted by Crippen LogP contribution is 2.38. The molecule has 1 heterocycles. The van der Waals surface area contributed by atoms with Crippen LogP contribution in [0.5, 0.6) is 0 Å². The fourth-order valence-corrected chi connectivity index (χ4v) is 2.53. The van der Waals surface area contributed by atoms with Gasteiger partial charge in [0.25, 0.3) is 0 Å². The van der Waals surface area contributed by atoms with Gasteiger partial charge < -0.3 is 4.57 Å². The SMILES string of the molecule is C=Cc1c2c(n(C)c1/C=C\CF)C=CC(F)[C@H]2C. The summed E-state index contributed by atoms with van der Waals surface area (Å²) in [5, 5.41) is 0. The van der Waals surface area contributed by atoms with Gasteiger partial charge in [-0.3, -0.25) is 0 Å². The van der Waals surface area contributed by atoms with Crippen molar-refractivity contribution < 1.29 is 8.78 Å². The minimum atomic E-state index is -0.975. The Morgan fingerprint density at radius 1 is 1.50 bits per heavy atom. The lowest BCUT2D eigenvalue weighted by Gasteiger charge is -2.19. The van der Waals surface area contributed by atoms with Crippen LogP contribution in [-0.2, 0) is 7.05 Å². The van der Waals surface area contributed by atoms with Gasteiger partial charge in [0.15, 0.2) is 0 Å². The smallest absolute Gasteiger partial charge is 0.125 e. The molecule has 1 unspecified atom stereocenters. The molecule has 2 atom stereocenters. The van der Waals surface area contributed by atoms with Crippen LogP contribution in [0, 0.1) is 0 Å². The highest BCUT2D eigenvalue weighted by atomic mass is 19.1. The Kier molecular flexibility index (Phi) is 3.50. The van der Waals surface area contributed by atoms with Crippen molar-refractivity contribution in [3.05, 3.63) is 41.2 Å². The third kappa shape index (κ3) is 1.84. The summed E-state index contributed by atoms with van der Waals surface area (Å²) < 4.78 is 28.0. The van der Waals surface area contributed by atoms with Crippen molar-refractivity contribution in [1.82, 2.24) is 4.57 Å². The summed E-state index contributed by atoms with van der Waals surface area (Å²) in [7, 11) is 1.90. The predicted octanol–water partition coefficient (Wildman–Crippen LogP) is 4.12. The van der Waals surface area contributed by atoms with E-state index in [2.05, 4.69) is 6.58 Å². The molecular formula is C15H17F2N. The molecule has 18 heavy (non-hydrogen) atoms. The lowest BCUT2D eigenvalue weighted by Crippen LogP contribution is -2.13. The Morgan fingerprint density at radius 2 is 2.22 bits per heavy atom. The molecule has 0 saturated heterocycles. The second kappa shape index (κ2) is 4.92. The summed E-state index contributed by atoms with van der Waals surface area (Å²) in [5.41, 5.74) is 3.71. The number of hydrogen-bond donors (Lipinski definition) is 0. The lowest BCUT2D eigenvalue weighted by molar-refractivity contribution is 0.351. The molecule has 96 valence electrons. The summed E-state index contributed by atoms with van der Waals surface area (Å²) in [4.78, 5) is 0. The molecule has 0 fully saturated rings. The first-order chi connectivity index (χ1) is 8.61. The maximum atomic E-state index is 13.8. The summed E-state index contributed by atoms with van der Waals surface area (Å²) >= 11 is 0. The highest BCUT2D eigenvalue weighted by Gasteiger charge is 2.28. The average molecular weight is 249 g/mol. The maximum absolute atomic E-state index is 13.8. The van der Waals surface area contributed by atoms with Crippen LogP contribution in [0.25, 0.3) is 18.2 Å². The van der Waals surface area contributed by atoms with Crippen molar-refractivity contribution in [3.63, 3.8) is 0 Å². The first-order valence-electron chi connectivity index (χ1n) is 6.01. The summed E-state index contributed by atoms with van der Waals surface area (Å²) in [6, 6.07) is 0. The zero-order chi connectivity index (χ0) is 13.3. The quantitative estimate of drug-likeness (QED) is 0.759. The van der Waals surface area contributed by atoms with E-state index in [0.717, 1.165) is 22.5 Å². The van der Waals surface area contributed by atoms with Crippen molar-refractivity contribution in [2.24, 2.45) is 7.05 Å². The Hall–Kier alpha value is -1.64. The zero-order valence-corrected chi connectivity index (χ0v) is 10.7. The molecule has 0 amide bonds. The Bertz CT molecular complexity index is 523. The molecule has 0 spiro atoms. The van der Waals surface area contributed by atoms with Crippen LogP contribution in [0.3, 0.4) is 0 Å². The average Bonchev–Trinajstić information content (AvgIpc) is 2.64. The van der Waals surface area contributed by atoms with E-state index in [1.165, 1.54) is 6.08 Å². The van der Waals surface area contributed by atoms with E-state index in [1.807, 2.05) is 18.5 Å². The third-order valence-corrected chi connectivity index (χ3v) is 3.50. The van der Waals surface area contributed by atoms with Gasteiger partial charge in [-0.1, -0.05) is 25.7 Å². The molecule has 1 nitrogen and oxygen atoms in total. The largest absolute Gasteiger partial charge is 0.344 e. The molecule has 1 aromatic rings. The second-order valence-electron chi connectivity index (χ2n) is 4.51. The monoisotopic (exact) mass is 249 g/mol. The molecule has 0 saturated carbocycles. The number of aromatic nitrogens is 1. The Labute approximate surface area is 106 Å². The second-order valence-corrected chi connectivity index (χ2v) is 4.51. The van der Waals surface area contributed by atoms with Crippen molar-refractivity contribution in [2.75, 3.05) is 6.67 Å². The van der Waals surface area contributed by atoms with Gasteiger partial charge >= 0.3 is 0 Å². The zero-order valence-electron chi connectivity index (χ0n) is 10.7. The van der Waals surface area contributed by atoms with Crippen LogP contribution in [-0.4, -0.2) is 17.4 Å². The van der Waals surface area contributed by atoms with Crippen molar-refractivity contribution >= 4 is 18.2 Å². The maximum Gasteiger partial charge on any atom is 0.125 e. The third-order valence-electron chi connectivity index (χ3n) is 3.50. The van der Waals surface area contributed by atoms with E-state index in [4.69, 9.17) is 0 Å². The molecule has 1 aliphatic carbocycles. The molecule has 0 radical (unpaired) electrons. The van der Waals surface area contributed by atoms with E-state index < -0.39 is 12.8 Å². The number of rotatable bonds is 3. The van der Waals surface area contributed by atoms with Gasteiger partial charge in [0.05, 0.1) is 0 Å². The predicted molar refractivity (Wildman–Crippen MR) is 72.9 cm³/mol. The van der Waals surface area contributed by atoms with E-state index in [9.17, 15) is 8.78 Å². The van der Waals surface area contributed by atoms with Crippen LogP contribution in [0.15, 0.2) is 18.7 Å². The molecule has 1 aromatic heterocycles. The van der Waals surface area contributed by atoms with E-state index in [-0.39, 0.29) is 5.92 Å². The van der Waals surface area contributed by atoms with Gasteiger partial charge in [0.1, 0.15) is 12.8 Å². The number of alkyl halides is 2. The topological polar surface area (TPSA) is 4.93 Å². The number of hydrogen-bond acceptors (Lipinski definition) is 0. The van der Waals surface area contributed by atoms with Gasteiger partial charge in [-0.25, -0.2) is 8.78 Å². The van der Waals surface area contributed by atoms with E-state index in [0.29, 0.717) is 0 Å². The molecule has 0 aliphatic heterocycles. The minimum Gasteiger partial charge on any atom is -0.344 e. The standard InChI is InChI=1S/C15H17F2N/c1-4-11-13(6-5-9-16)18(3)14-8-7-12(17)10(2)15(11)14/h4-8,10,12H,1,9H2,2-3H3/b6-5-/t10-,12?/m1/s1. The fraction of sp³-hybridized carbons (Fsp3) is 0.333. The Balaban J connectivity index is 2.66. The number of halogens is 2. The molecule has 3 heteroatoms. The van der Waals surface area contributed by atoms with E-state index >= 15 is 0 Å². The van der Waals surface area contributed by atoms with Gasteiger partial charge in [0.2, 0.25) is 0 Å². The van der Waals surface area contributed by atoms with Gasteiger partial charge in [0, 0.05) is 29.9 Å². The van der Waals surface area contributed by atoms with Gasteiger partial charge in [-0.2, -0.15) is 0 Å². The van der Waals surface area contributed by atoms with Crippen LogP contribution >= 0.6 is 0 Å². The minimum absolute atomic E-state index is 0.197. The van der Waals surface area contributed by atoms with Crippen LogP contribution < -0.4 is 0 Å². The molecule has 0 N–H and O–H groups in total. The van der Waals surface area contributed by atoms with Crippen molar-refractivity contribution in [2.45, 2.75) is 19.0 Å². The molecule has 2 rings (SSSR count). The summed E-state index contributed by atoms with van der Waals surface area (Å²) in [6.45, 7) is 5.15. The van der Waals surface area contributed by atoms with E-state index in [1.54, 1.807) is 24.3 Å². The number of allylic oxidation sites excluding steroid dienone is 2. The first kappa shape index (κ1) is 12.8. The van der Waals surface area contributed by atoms with Gasteiger partial charge in [-0.15, -0.1) is 0 Å². The van der Waals surface area contributed by atoms with Crippen molar-refractivity contribution in [3.8, 4) is 0 Å². The highest BCUT2D eigenvalue weighted by molar-refractivity contribution is 5.74. The fourth-order valence-electron chi connectivity index (χ4n) is 2.53. The molecule has 0 bridgehead atoms. The van der Waals surface area contributed by atoms with Crippen molar-refractivity contribution in [1.29, 1.82) is 0 Å². The summed E-state index contributed by atoms with van der Waals surface area (Å²) in [5.74, 6) is -0.197. The first-order valence-corrected chi connectivity index (χ1v) is 6.01. The number of nitrogens with zero attached hydrogens (tertiary/aromatic N) is 1. The molecule has 1 aliphatic rings. The Morgan fingerprint density at radius 3 is 2.83 bits per heavy atom. The van der Waals surface area contributed by atoms with Crippen LogP contribution in [0.1, 0.15) is 35.4 Å². The van der Waals surface area contributed by atoms with Crippen LogP contribution in [0.2, 0.25) is 0 Å².